The molecular weight excluding hydrogens is 200 g/mol. The highest BCUT2D eigenvalue weighted by molar-refractivity contribution is 4.90. The van der Waals surface area contributed by atoms with Gasteiger partial charge in [0.15, 0.2) is 0 Å². The number of ether oxygens (including phenoxy) is 1. The molecule has 1 aliphatic heterocycles. The molecule has 3 atom stereocenters. The second kappa shape index (κ2) is 5.48. The molecule has 0 amide bonds. The summed E-state index contributed by atoms with van der Waals surface area (Å²) in [5.41, 5.74) is 0. The molecule has 0 aromatic heterocycles. The van der Waals surface area contributed by atoms with Crippen molar-refractivity contribution >= 4 is 0 Å². The minimum absolute atomic E-state index is 0.402. The van der Waals surface area contributed by atoms with Crippen molar-refractivity contribution in [3.8, 4) is 0 Å². The molecule has 1 saturated heterocycles. The van der Waals surface area contributed by atoms with Gasteiger partial charge in [-0.3, -0.25) is 4.90 Å². The number of morpholine rings is 1. The number of nitrogens with one attached hydrogen (secondary N) is 1. The van der Waals surface area contributed by atoms with E-state index in [1.54, 1.807) is 0 Å². The average Bonchev–Trinajstić information content (AvgIpc) is 3.10. The smallest absolute Gasteiger partial charge is 0.0674 e. The molecule has 2 rings (SSSR count). The van der Waals surface area contributed by atoms with Gasteiger partial charge in [-0.2, -0.15) is 0 Å². The Morgan fingerprint density at radius 3 is 2.75 bits per heavy atom. The van der Waals surface area contributed by atoms with E-state index in [0.29, 0.717) is 18.2 Å². The molecule has 2 aliphatic rings. The zero-order chi connectivity index (χ0) is 11.5. The van der Waals surface area contributed by atoms with Gasteiger partial charge in [-0.05, 0) is 39.2 Å². The van der Waals surface area contributed by atoms with E-state index in [1.165, 1.54) is 25.8 Å². The lowest BCUT2D eigenvalue weighted by Gasteiger charge is -2.40. The summed E-state index contributed by atoms with van der Waals surface area (Å²) in [6.45, 7) is 7.67. The summed E-state index contributed by atoms with van der Waals surface area (Å²) < 4.78 is 5.74. The fraction of sp³-hybridized carbons (Fsp3) is 1.00. The fourth-order valence-electron chi connectivity index (χ4n) is 2.74. The van der Waals surface area contributed by atoms with Crippen molar-refractivity contribution in [3.05, 3.63) is 0 Å². The van der Waals surface area contributed by atoms with Crippen LogP contribution in [0, 0.1) is 5.92 Å². The standard InChI is InChI=1S/C13H26N2O/c1-4-12-9-16-10(2)7-15(12)8-13(14-3)11-5-6-11/h10-14H,4-9H2,1-3H3. The van der Waals surface area contributed by atoms with Crippen molar-refractivity contribution in [1.82, 2.24) is 10.2 Å². The number of rotatable bonds is 5. The van der Waals surface area contributed by atoms with Gasteiger partial charge >= 0.3 is 0 Å². The van der Waals surface area contributed by atoms with Crippen molar-refractivity contribution < 1.29 is 4.74 Å². The third-order valence-corrected chi connectivity index (χ3v) is 4.05. The van der Waals surface area contributed by atoms with Crippen LogP contribution in [0.4, 0.5) is 0 Å². The van der Waals surface area contributed by atoms with Crippen LogP contribution >= 0.6 is 0 Å². The maximum Gasteiger partial charge on any atom is 0.0674 e. The maximum atomic E-state index is 5.74. The third kappa shape index (κ3) is 2.96. The van der Waals surface area contributed by atoms with Crippen LogP contribution in [0.5, 0.6) is 0 Å². The van der Waals surface area contributed by atoms with Crippen molar-refractivity contribution in [1.29, 1.82) is 0 Å². The van der Waals surface area contributed by atoms with Crippen LogP contribution in [-0.4, -0.2) is 49.8 Å². The van der Waals surface area contributed by atoms with Crippen LogP contribution in [-0.2, 0) is 4.74 Å². The lowest BCUT2D eigenvalue weighted by molar-refractivity contribution is -0.0589. The predicted molar refractivity (Wildman–Crippen MR) is 66.6 cm³/mol. The minimum Gasteiger partial charge on any atom is -0.376 e. The SMILES string of the molecule is CCC1COC(C)CN1CC(NC)C1CC1. The maximum absolute atomic E-state index is 5.74. The Morgan fingerprint density at radius 2 is 2.19 bits per heavy atom. The summed E-state index contributed by atoms with van der Waals surface area (Å²) in [6.07, 6.45) is 4.44. The summed E-state index contributed by atoms with van der Waals surface area (Å²) in [7, 11) is 2.10. The number of hydrogen-bond acceptors (Lipinski definition) is 3. The highest BCUT2D eigenvalue weighted by Crippen LogP contribution is 2.33. The number of hydrogen-bond donors (Lipinski definition) is 1. The zero-order valence-electron chi connectivity index (χ0n) is 10.9. The van der Waals surface area contributed by atoms with Crippen LogP contribution in [0.15, 0.2) is 0 Å². The Hall–Kier alpha value is -0.120. The van der Waals surface area contributed by atoms with Gasteiger partial charge in [0.2, 0.25) is 0 Å². The predicted octanol–water partition coefficient (Wildman–Crippen LogP) is 1.48. The van der Waals surface area contributed by atoms with E-state index in [-0.39, 0.29) is 0 Å². The lowest BCUT2D eigenvalue weighted by Crippen LogP contribution is -2.53. The van der Waals surface area contributed by atoms with Gasteiger partial charge in [0, 0.05) is 25.2 Å². The van der Waals surface area contributed by atoms with Gasteiger partial charge in [-0.25, -0.2) is 0 Å². The first-order chi connectivity index (χ1) is 7.74. The number of likely N-dealkylation sites (N-methyl/N-ethyl adjacent to an activating group) is 1. The Kier molecular flexibility index (Phi) is 4.22. The van der Waals surface area contributed by atoms with E-state index in [1.807, 2.05) is 0 Å². The normalized spacial score (nSPS) is 33.9. The molecule has 1 N–H and O–H groups in total. The van der Waals surface area contributed by atoms with Crippen molar-refractivity contribution in [3.63, 3.8) is 0 Å². The van der Waals surface area contributed by atoms with E-state index in [4.69, 9.17) is 4.74 Å². The molecule has 3 nitrogen and oxygen atoms in total. The Labute approximate surface area is 99.5 Å². The molecule has 1 heterocycles. The number of nitrogens with zero attached hydrogens (tertiary/aromatic N) is 1. The topological polar surface area (TPSA) is 24.5 Å². The second-order valence-corrected chi connectivity index (χ2v) is 5.39. The molecule has 16 heavy (non-hydrogen) atoms. The molecule has 2 fully saturated rings. The van der Waals surface area contributed by atoms with Crippen LogP contribution in [0.3, 0.4) is 0 Å². The molecule has 3 heteroatoms. The van der Waals surface area contributed by atoms with Gasteiger partial charge in [0.05, 0.1) is 12.7 Å². The molecule has 0 bridgehead atoms. The Morgan fingerprint density at radius 1 is 1.44 bits per heavy atom. The fourth-order valence-corrected chi connectivity index (χ4v) is 2.74. The molecular formula is C13H26N2O. The van der Waals surface area contributed by atoms with E-state index in [2.05, 4.69) is 31.1 Å². The molecule has 94 valence electrons. The summed E-state index contributed by atoms with van der Waals surface area (Å²) >= 11 is 0. The van der Waals surface area contributed by atoms with Crippen LogP contribution in [0.2, 0.25) is 0 Å². The first-order valence-electron chi connectivity index (χ1n) is 6.77. The molecule has 0 radical (unpaired) electrons. The van der Waals surface area contributed by atoms with Gasteiger partial charge < -0.3 is 10.1 Å². The van der Waals surface area contributed by atoms with Gasteiger partial charge in [-0.15, -0.1) is 0 Å². The highest BCUT2D eigenvalue weighted by Gasteiger charge is 2.34. The lowest BCUT2D eigenvalue weighted by atomic mass is 10.1. The monoisotopic (exact) mass is 226 g/mol. The van der Waals surface area contributed by atoms with E-state index in [0.717, 1.165) is 19.1 Å². The zero-order valence-corrected chi connectivity index (χ0v) is 10.9. The van der Waals surface area contributed by atoms with E-state index >= 15 is 0 Å². The van der Waals surface area contributed by atoms with Gasteiger partial charge in [0.1, 0.15) is 0 Å². The van der Waals surface area contributed by atoms with Crippen molar-refractivity contribution in [2.24, 2.45) is 5.92 Å². The first-order valence-corrected chi connectivity index (χ1v) is 6.77. The summed E-state index contributed by atoms with van der Waals surface area (Å²) in [6, 6.07) is 1.32. The Balaban J connectivity index is 1.88. The quantitative estimate of drug-likeness (QED) is 0.768. The molecule has 3 unspecified atom stereocenters. The second-order valence-electron chi connectivity index (χ2n) is 5.39. The van der Waals surface area contributed by atoms with Crippen molar-refractivity contribution in [2.45, 2.75) is 51.3 Å². The van der Waals surface area contributed by atoms with Crippen LogP contribution < -0.4 is 5.32 Å². The van der Waals surface area contributed by atoms with Gasteiger partial charge in [0.25, 0.3) is 0 Å². The largest absolute Gasteiger partial charge is 0.376 e. The molecule has 1 saturated carbocycles. The molecule has 0 aromatic rings. The molecule has 1 aliphatic carbocycles. The average molecular weight is 226 g/mol. The first kappa shape index (κ1) is 12.3. The van der Waals surface area contributed by atoms with E-state index < -0.39 is 0 Å². The third-order valence-electron chi connectivity index (χ3n) is 4.05. The summed E-state index contributed by atoms with van der Waals surface area (Å²) in [5, 5.41) is 3.49. The van der Waals surface area contributed by atoms with Crippen LogP contribution in [0.25, 0.3) is 0 Å². The summed E-state index contributed by atoms with van der Waals surface area (Å²) in [5.74, 6) is 0.931. The minimum atomic E-state index is 0.402. The summed E-state index contributed by atoms with van der Waals surface area (Å²) in [4.78, 5) is 2.63. The molecule has 0 spiro atoms. The van der Waals surface area contributed by atoms with Crippen LogP contribution in [0.1, 0.15) is 33.1 Å². The van der Waals surface area contributed by atoms with Crippen molar-refractivity contribution in [2.75, 3.05) is 26.7 Å². The Bertz CT molecular complexity index is 216. The highest BCUT2D eigenvalue weighted by atomic mass is 16.5. The molecule has 0 aromatic carbocycles. The van der Waals surface area contributed by atoms with E-state index in [9.17, 15) is 0 Å². The van der Waals surface area contributed by atoms with Gasteiger partial charge in [-0.1, -0.05) is 6.92 Å².